The van der Waals surface area contributed by atoms with E-state index < -0.39 is 4.75 Å². The number of thiol groups is 1. The van der Waals surface area contributed by atoms with Crippen molar-refractivity contribution in [3.05, 3.63) is 0 Å². The van der Waals surface area contributed by atoms with E-state index in [2.05, 4.69) is 26.5 Å². The van der Waals surface area contributed by atoms with Gasteiger partial charge in [-0.25, -0.2) is 0 Å². The first-order chi connectivity index (χ1) is 9.55. The quantitative estimate of drug-likeness (QED) is 0.376. The van der Waals surface area contributed by atoms with Crippen LogP contribution >= 0.6 is 12.6 Å². The van der Waals surface area contributed by atoms with Gasteiger partial charge in [-0.3, -0.25) is 14.5 Å². The Morgan fingerprint density at radius 2 is 1.60 bits per heavy atom. The number of likely N-dealkylation sites (tertiary alicyclic amines) is 1. The lowest BCUT2D eigenvalue weighted by molar-refractivity contribution is -0.139. The molecule has 1 rings (SSSR count). The molecule has 4 heteroatoms. The predicted octanol–water partition coefficient (Wildman–Crippen LogP) is 3.96. The van der Waals surface area contributed by atoms with E-state index in [1.54, 1.807) is 0 Å². The fraction of sp³-hybridized carbons (Fsp3) is 0.875. The minimum atomic E-state index is -0.727. The fourth-order valence-electron chi connectivity index (χ4n) is 2.75. The fourth-order valence-corrected chi connectivity index (χ4v) is 3.16. The van der Waals surface area contributed by atoms with Crippen LogP contribution in [0.5, 0.6) is 0 Å². The number of amides is 2. The third kappa shape index (κ3) is 4.80. The Hall–Kier alpha value is -0.510. The first-order valence-corrected chi connectivity index (χ1v) is 8.57. The molecule has 2 amide bonds. The van der Waals surface area contributed by atoms with Gasteiger partial charge in [-0.2, -0.15) is 12.6 Å². The van der Waals surface area contributed by atoms with E-state index >= 15 is 0 Å². The number of carbonyl (C=O) groups is 2. The SMILES string of the molecule is CCCCCCN1C(=O)CC(S)(CCCCCC)C1=O. The molecular formula is C16H29NO2S. The number of nitrogens with zero attached hydrogens (tertiary/aromatic N) is 1. The van der Waals surface area contributed by atoms with Gasteiger partial charge in [0.1, 0.15) is 4.75 Å². The summed E-state index contributed by atoms with van der Waals surface area (Å²) in [6.07, 6.45) is 9.82. The Bertz CT molecular complexity index is 332. The topological polar surface area (TPSA) is 37.4 Å². The Balaban J connectivity index is 2.43. The minimum Gasteiger partial charge on any atom is -0.281 e. The van der Waals surface area contributed by atoms with Crippen molar-refractivity contribution in [3.63, 3.8) is 0 Å². The zero-order chi connectivity index (χ0) is 15.0. The van der Waals surface area contributed by atoms with Crippen LogP contribution in [0.3, 0.4) is 0 Å². The highest BCUT2D eigenvalue weighted by molar-refractivity contribution is 7.82. The number of hydrogen-bond donors (Lipinski definition) is 1. The van der Waals surface area contributed by atoms with E-state index in [-0.39, 0.29) is 18.2 Å². The second-order valence-electron chi connectivity index (χ2n) is 5.93. The zero-order valence-electron chi connectivity index (χ0n) is 13.0. The molecule has 0 saturated carbocycles. The van der Waals surface area contributed by atoms with Crippen molar-refractivity contribution in [3.8, 4) is 0 Å². The molecule has 0 radical (unpaired) electrons. The molecule has 0 spiro atoms. The van der Waals surface area contributed by atoms with Crippen LogP contribution in [0.1, 0.15) is 78.1 Å². The van der Waals surface area contributed by atoms with Crippen molar-refractivity contribution in [2.75, 3.05) is 6.54 Å². The van der Waals surface area contributed by atoms with Gasteiger partial charge in [0.05, 0.1) is 6.42 Å². The van der Waals surface area contributed by atoms with E-state index in [1.165, 1.54) is 24.2 Å². The normalized spacial score (nSPS) is 22.9. The van der Waals surface area contributed by atoms with Crippen LogP contribution in [0.15, 0.2) is 0 Å². The maximum Gasteiger partial charge on any atom is 0.245 e. The molecule has 1 atom stereocenters. The standard InChI is InChI=1S/C16H29NO2S/c1-3-5-7-9-11-16(20)13-14(18)17(15(16)19)12-10-8-6-4-2/h20H,3-13H2,1-2H3. The lowest BCUT2D eigenvalue weighted by Gasteiger charge is -2.21. The van der Waals surface area contributed by atoms with Crippen LogP contribution in [-0.4, -0.2) is 28.0 Å². The molecule has 1 fully saturated rings. The van der Waals surface area contributed by atoms with Gasteiger partial charge in [0.2, 0.25) is 11.8 Å². The largest absolute Gasteiger partial charge is 0.281 e. The molecule has 0 N–H and O–H groups in total. The molecule has 0 aliphatic carbocycles. The van der Waals surface area contributed by atoms with Crippen LogP contribution < -0.4 is 0 Å². The molecule has 0 bridgehead atoms. The van der Waals surface area contributed by atoms with Crippen molar-refractivity contribution >= 4 is 24.4 Å². The molecule has 0 aromatic heterocycles. The summed E-state index contributed by atoms with van der Waals surface area (Å²) in [4.78, 5) is 25.8. The summed E-state index contributed by atoms with van der Waals surface area (Å²) in [6, 6.07) is 0. The summed E-state index contributed by atoms with van der Waals surface area (Å²) in [5.41, 5.74) is 0. The maximum absolute atomic E-state index is 12.4. The van der Waals surface area contributed by atoms with Crippen LogP contribution in [0.4, 0.5) is 0 Å². The number of hydrogen-bond acceptors (Lipinski definition) is 3. The average Bonchev–Trinajstić information content (AvgIpc) is 2.63. The predicted molar refractivity (Wildman–Crippen MR) is 86.0 cm³/mol. The van der Waals surface area contributed by atoms with Gasteiger partial charge >= 0.3 is 0 Å². The van der Waals surface area contributed by atoms with Gasteiger partial charge in [0.15, 0.2) is 0 Å². The van der Waals surface area contributed by atoms with Crippen LogP contribution in [0.2, 0.25) is 0 Å². The summed E-state index contributed by atoms with van der Waals surface area (Å²) < 4.78 is -0.727. The monoisotopic (exact) mass is 299 g/mol. The first kappa shape index (κ1) is 17.5. The molecular weight excluding hydrogens is 270 g/mol. The third-order valence-electron chi connectivity index (χ3n) is 4.07. The van der Waals surface area contributed by atoms with Crippen LogP contribution in [-0.2, 0) is 9.59 Å². The molecule has 1 aliphatic rings. The van der Waals surface area contributed by atoms with Crippen molar-refractivity contribution in [2.45, 2.75) is 82.8 Å². The van der Waals surface area contributed by atoms with E-state index in [9.17, 15) is 9.59 Å². The van der Waals surface area contributed by atoms with Gasteiger partial charge < -0.3 is 0 Å². The minimum absolute atomic E-state index is 0.0306. The number of unbranched alkanes of at least 4 members (excludes halogenated alkanes) is 6. The first-order valence-electron chi connectivity index (χ1n) is 8.12. The second kappa shape index (κ2) is 8.71. The van der Waals surface area contributed by atoms with Crippen LogP contribution in [0, 0.1) is 0 Å². The average molecular weight is 299 g/mol. The lowest BCUT2D eigenvalue weighted by atomic mass is 9.98. The molecule has 20 heavy (non-hydrogen) atoms. The van der Waals surface area contributed by atoms with Gasteiger partial charge in [0, 0.05) is 6.54 Å². The summed E-state index contributed by atoms with van der Waals surface area (Å²) in [6.45, 7) is 4.90. The Morgan fingerprint density at radius 3 is 2.20 bits per heavy atom. The molecule has 3 nitrogen and oxygen atoms in total. The third-order valence-corrected chi connectivity index (χ3v) is 4.64. The summed E-state index contributed by atoms with van der Waals surface area (Å²) in [7, 11) is 0. The molecule has 1 saturated heterocycles. The Morgan fingerprint density at radius 1 is 1.00 bits per heavy atom. The van der Waals surface area contributed by atoms with Crippen molar-refractivity contribution in [2.24, 2.45) is 0 Å². The summed E-state index contributed by atoms with van der Waals surface area (Å²) >= 11 is 4.55. The van der Waals surface area contributed by atoms with Crippen molar-refractivity contribution < 1.29 is 9.59 Å². The highest BCUT2D eigenvalue weighted by atomic mass is 32.1. The maximum atomic E-state index is 12.4. The lowest BCUT2D eigenvalue weighted by Crippen LogP contribution is -2.37. The number of imide groups is 1. The molecule has 0 aromatic carbocycles. The molecule has 116 valence electrons. The van der Waals surface area contributed by atoms with Crippen molar-refractivity contribution in [1.29, 1.82) is 0 Å². The van der Waals surface area contributed by atoms with Crippen LogP contribution in [0.25, 0.3) is 0 Å². The second-order valence-corrected chi connectivity index (χ2v) is 6.79. The summed E-state index contributed by atoms with van der Waals surface area (Å²) in [5, 5.41) is 0. The molecule has 1 aliphatic heterocycles. The highest BCUT2D eigenvalue weighted by Crippen LogP contribution is 2.35. The van der Waals surface area contributed by atoms with Gasteiger partial charge in [0.25, 0.3) is 0 Å². The van der Waals surface area contributed by atoms with E-state index in [4.69, 9.17) is 0 Å². The van der Waals surface area contributed by atoms with E-state index in [0.717, 1.165) is 38.5 Å². The van der Waals surface area contributed by atoms with Gasteiger partial charge in [-0.1, -0.05) is 58.8 Å². The molecule has 1 heterocycles. The van der Waals surface area contributed by atoms with E-state index in [0.29, 0.717) is 6.54 Å². The Kier molecular flexibility index (Phi) is 7.63. The van der Waals surface area contributed by atoms with Crippen molar-refractivity contribution in [1.82, 2.24) is 4.90 Å². The zero-order valence-corrected chi connectivity index (χ0v) is 13.9. The number of rotatable bonds is 10. The van der Waals surface area contributed by atoms with E-state index in [1.807, 2.05) is 0 Å². The molecule has 0 aromatic rings. The smallest absolute Gasteiger partial charge is 0.245 e. The number of carbonyl (C=O) groups excluding carboxylic acids is 2. The Labute approximate surface area is 128 Å². The highest BCUT2D eigenvalue weighted by Gasteiger charge is 2.48. The summed E-state index contributed by atoms with van der Waals surface area (Å²) in [5.74, 6) is -0.0872. The molecule has 1 unspecified atom stereocenters. The van der Waals surface area contributed by atoms with Gasteiger partial charge in [-0.05, 0) is 12.8 Å². The van der Waals surface area contributed by atoms with Gasteiger partial charge in [-0.15, -0.1) is 0 Å².